The molecule has 0 aliphatic carbocycles. The summed E-state index contributed by atoms with van der Waals surface area (Å²) in [6, 6.07) is 1.67. The minimum absolute atomic E-state index is 0.315. The van der Waals surface area contributed by atoms with Crippen molar-refractivity contribution in [3.63, 3.8) is 0 Å². The standard InChI is InChI=1S/C13H24N4O2S/c1-14-9-12-7-13(10-15-12)20(18,19)16-8-11-3-5-17(2)6-4-11/h7,10-11,14-16H,3-6,8-9H2,1-2H3. The lowest BCUT2D eigenvalue weighted by molar-refractivity contribution is 0.220. The maximum absolute atomic E-state index is 12.2. The van der Waals surface area contributed by atoms with Crippen LogP contribution in [-0.2, 0) is 16.6 Å². The first-order valence-electron chi connectivity index (χ1n) is 7.01. The van der Waals surface area contributed by atoms with Gasteiger partial charge in [0.25, 0.3) is 0 Å². The van der Waals surface area contributed by atoms with Gasteiger partial charge in [0.1, 0.15) is 0 Å². The third-order valence-corrected chi connectivity index (χ3v) is 5.20. The van der Waals surface area contributed by atoms with Gasteiger partial charge in [0.15, 0.2) is 0 Å². The molecule has 20 heavy (non-hydrogen) atoms. The van der Waals surface area contributed by atoms with Crippen LogP contribution in [0, 0.1) is 5.92 Å². The molecule has 1 saturated heterocycles. The molecule has 2 heterocycles. The molecule has 0 aromatic carbocycles. The summed E-state index contributed by atoms with van der Waals surface area (Å²) in [5.41, 5.74) is 0.868. The van der Waals surface area contributed by atoms with Crippen LogP contribution in [0.4, 0.5) is 0 Å². The lowest BCUT2D eigenvalue weighted by Gasteiger charge is -2.28. The molecule has 6 nitrogen and oxygen atoms in total. The van der Waals surface area contributed by atoms with Crippen LogP contribution in [-0.4, -0.2) is 52.0 Å². The van der Waals surface area contributed by atoms with Gasteiger partial charge >= 0.3 is 0 Å². The van der Waals surface area contributed by atoms with Crippen molar-refractivity contribution in [2.24, 2.45) is 5.92 Å². The molecule has 1 aromatic rings. The zero-order valence-corrected chi connectivity index (χ0v) is 13.0. The van der Waals surface area contributed by atoms with E-state index < -0.39 is 10.0 Å². The van der Waals surface area contributed by atoms with Crippen molar-refractivity contribution in [1.29, 1.82) is 0 Å². The average Bonchev–Trinajstić information content (AvgIpc) is 2.88. The molecule has 1 aliphatic rings. The Morgan fingerprint density at radius 3 is 2.75 bits per heavy atom. The highest BCUT2D eigenvalue weighted by atomic mass is 32.2. The van der Waals surface area contributed by atoms with E-state index in [1.165, 1.54) is 0 Å². The fourth-order valence-corrected chi connectivity index (χ4v) is 3.58. The molecule has 0 saturated carbocycles. The number of aromatic nitrogens is 1. The van der Waals surface area contributed by atoms with Gasteiger partial charge in [-0.2, -0.15) is 0 Å². The van der Waals surface area contributed by atoms with E-state index in [-0.39, 0.29) is 0 Å². The van der Waals surface area contributed by atoms with Crippen molar-refractivity contribution in [1.82, 2.24) is 19.9 Å². The summed E-state index contributed by atoms with van der Waals surface area (Å²) in [4.78, 5) is 5.56. The molecule has 3 N–H and O–H groups in total. The highest BCUT2D eigenvalue weighted by Crippen LogP contribution is 2.16. The van der Waals surface area contributed by atoms with Gasteiger partial charge in [0.2, 0.25) is 10.0 Å². The third kappa shape index (κ3) is 4.05. The lowest BCUT2D eigenvalue weighted by Crippen LogP contribution is -2.36. The average molecular weight is 300 g/mol. The van der Waals surface area contributed by atoms with Crippen LogP contribution < -0.4 is 10.0 Å². The van der Waals surface area contributed by atoms with Crippen molar-refractivity contribution in [2.75, 3.05) is 33.7 Å². The molecule has 2 rings (SSSR count). The number of piperidine rings is 1. The number of rotatable bonds is 6. The second kappa shape index (κ2) is 6.71. The fraction of sp³-hybridized carbons (Fsp3) is 0.692. The van der Waals surface area contributed by atoms with Gasteiger partial charge in [-0.25, -0.2) is 13.1 Å². The van der Waals surface area contributed by atoms with E-state index in [4.69, 9.17) is 0 Å². The summed E-state index contributed by atoms with van der Waals surface area (Å²) < 4.78 is 27.1. The molecule has 0 unspecified atom stereocenters. The van der Waals surface area contributed by atoms with E-state index >= 15 is 0 Å². The van der Waals surface area contributed by atoms with E-state index in [0.29, 0.717) is 23.9 Å². The van der Waals surface area contributed by atoms with Crippen LogP contribution in [0.2, 0.25) is 0 Å². The van der Waals surface area contributed by atoms with Gasteiger partial charge < -0.3 is 15.2 Å². The van der Waals surface area contributed by atoms with Crippen molar-refractivity contribution in [3.8, 4) is 0 Å². The van der Waals surface area contributed by atoms with E-state index in [1.54, 1.807) is 12.3 Å². The molecule has 1 aliphatic heterocycles. The molecule has 1 aromatic heterocycles. The highest BCUT2D eigenvalue weighted by molar-refractivity contribution is 7.89. The number of sulfonamides is 1. The largest absolute Gasteiger partial charge is 0.363 e. The van der Waals surface area contributed by atoms with Gasteiger partial charge in [-0.3, -0.25) is 0 Å². The minimum Gasteiger partial charge on any atom is -0.363 e. The van der Waals surface area contributed by atoms with Crippen LogP contribution in [0.3, 0.4) is 0 Å². The van der Waals surface area contributed by atoms with Crippen LogP contribution in [0.1, 0.15) is 18.5 Å². The number of nitrogens with zero attached hydrogens (tertiary/aromatic N) is 1. The van der Waals surface area contributed by atoms with Crippen LogP contribution in [0.25, 0.3) is 0 Å². The quantitative estimate of drug-likeness (QED) is 0.709. The summed E-state index contributed by atoms with van der Waals surface area (Å²) in [6.45, 7) is 3.25. The topological polar surface area (TPSA) is 77.2 Å². The summed E-state index contributed by atoms with van der Waals surface area (Å²) >= 11 is 0. The Morgan fingerprint density at radius 1 is 1.40 bits per heavy atom. The first-order valence-corrected chi connectivity index (χ1v) is 8.49. The maximum Gasteiger partial charge on any atom is 0.242 e. The molecule has 114 valence electrons. The number of nitrogens with one attached hydrogen (secondary N) is 3. The fourth-order valence-electron chi connectivity index (χ4n) is 2.44. The molecule has 0 bridgehead atoms. The van der Waals surface area contributed by atoms with Crippen LogP contribution in [0.5, 0.6) is 0 Å². The van der Waals surface area contributed by atoms with Gasteiger partial charge in [-0.15, -0.1) is 0 Å². The number of likely N-dealkylation sites (tertiary alicyclic amines) is 1. The summed E-state index contributed by atoms with van der Waals surface area (Å²) in [5, 5.41) is 2.99. The van der Waals surface area contributed by atoms with Crippen molar-refractivity contribution in [2.45, 2.75) is 24.3 Å². The summed E-state index contributed by atoms with van der Waals surface area (Å²) in [6.07, 6.45) is 3.65. The van der Waals surface area contributed by atoms with Gasteiger partial charge in [-0.1, -0.05) is 0 Å². The zero-order valence-electron chi connectivity index (χ0n) is 12.1. The first kappa shape index (κ1) is 15.5. The normalized spacial score (nSPS) is 18.5. The highest BCUT2D eigenvalue weighted by Gasteiger charge is 2.21. The van der Waals surface area contributed by atoms with Crippen molar-refractivity contribution >= 4 is 10.0 Å². The predicted molar refractivity (Wildman–Crippen MR) is 79.0 cm³/mol. The third-order valence-electron chi connectivity index (χ3n) is 3.79. The Bertz CT molecular complexity index is 518. The zero-order chi connectivity index (χ0) is 14.6. The molecule has 0 spiro atoms. The van der Waals surface area contributed by atoms with Crippen LogP contribution >= 0.6 is 0 Å². The van der Waals surface area contributed by atoms with Gasteiger partial charge in [-0.05, 0) is 52.0 Å². The number of hydrogen-bond acceptors (Lipinski definition) is 4. The van der Waals surface area contributed by atoms with Crippen molar-refractivity contribution < 1.29 is 8.42 Å². The Hall–Kier alpha value is -0.890. The Balaban J connectivity index is 1.90. The van der Waals surface area contributed by atoms with E-state index in [0.717, 1.165) is 31.6 Å². The van der Waals surface area contributed by atoms with E-state index in [2.05, 4.69) is 27.0 Å². The Kier molecular flexibility index (Phi) is 5.20. The van der Waals surface area contributed by atoms with Crippen LogP contribution in [0.15, 0.2) is 17.2 Å². The number of aromatic amines is 1. The predicted octanol–water partition coefficient (Wildman–Crippen LogP) is 0.354. The molecule has 1 fully saturated rings. The summed E-state index contributed by atoms with van der Waals surface area (Å²) in [5.74, 6) is 0.441. The maximum atomic E-state index is 12.2. The molecular weight excluding hydrogens is 276 g/mol. The summed E-state index contributed by atoms with van der Waals surface area (Å²) in [7, 11) is 0.534. The first-order chi connectivity index (χ1) is 9.51. The smallest absolute Gasteiger partial charge is 0.242 e. The molecular formula is C13H24N4O2S. The second-order valence-corrected chi connectivity index (χ2v) is 7.26. The molecule has 0 radical (unpaired) electrons. The van der Waals surface area contributed by atoms with E-state index in [1.807, 2.05) is 7.05 Å². The Morgan fingerprint density at radius 2 is 2.10 bits per heavy atom. The van der Waals surface area contributed by atoms with E-state index in [9.17, 15) is 8.42 Å². The lowest BCUT2D eigenvalue weighted by atomic mass is 9.98. The van der Waals surface area contributed by atoms with Gasteiger partial charge in [0, 0.05) is 25.0 Å². The minimum atomic E-state index is -3.39. The second-order valence-electron chi connectivity index (χ2n) is 5.49. The SMILES string of the molecule is CNCc1cc(S(=O)(=O)NCC2CCN(C)CC2)c[nH]1. The monoisotopic (exact) mass is 300 g/mol. The number of H-pyrrole nitrogens is 1. The molecule has 7 heteroatoms. The van der Waals surface area contributed by atoms with Gasteiger partial charge in [0.05, 0.1) is 4.90 Å². The Labute approximate surface area is 121 Å². The number of hydrogen-bond donors (Lipinski definition) is 3. The molecule has 0 atom stereocenters. The molecule has 0 amide bonds. The van der Waals surface area contributed by atoms with Crippen molar-refractivity contribution in [3.05, 3.63) is 18.0 Å².